The van der Waals surface area contributed by atoms with Gasteiger partial charge in [-0.25, -0.2) is 9.69 Å². The number of ether oxygens (including phenoxy) is 1. The molecule has 1 unspecified atom stereocenters. The van der Waals surface area contributed by atoms with Gasteiger partial charge in [0.05, 0.1) is 12.0 Å². The zero-order chi connectivity index (χ0) is 25.4. The van der Waals surface area contributed by atoms with E-state index in [9.17, 15) is 22.8 Å². The molecule has 0 bridgehead atoms. The molecule has 2 amide bonds. The highest BCUT2D eigenvalue weighted by molar-refractivity contribution is 6.73. The first-order chi connectivity index (χ1) is 16.1. The predicted octanol–water partition coefficient (Wildman–Crippen LogP) is 6.50. The van der Waals surface area contributed by atoms with E-state index in [1.807, 2.05) is 51.1 Å². The van der Waals surface area contributed by atoms with E-state index in [2.05, 4.69) is 6.58 Å². The van der Waals surface area contributed by atoms with Gasteiger partial charge in [0.25, 0.3) is 5.91 Å². The molecule has 1 aliphatic rings. The van der Waals surface area contributed by atoms with Gasteiger partial charge in [-0.15, -0.1) is 6.58 Å². The second-order valence-corrected chi connectivity index (χ2v) is 13.5. The van der Waals surface area contributed by atoms with E-state index in [1.54, 1.807) is 0 Å². The third-order valence-corrected chi connectivity index (χ3v) is 11.5. The summed E-state index contributed by atoms with van der Waals surface area (Å²) in [4.78, 5) is 27.2. The van der Waals surface area contributed by atoms with Crippen LogP contribution in [0.2, 0.25) is 18.1 Å². The molecule has 1 aromatic rings. The van der Waals surface area contributed by atoms with Crippen molar-refractivity contribution in [3.8, 4) is 0 Å². The Balaban J connectivity index is 2.30. The molecule has 1 fully saturated rings. The third-order valence-electron chi connectivity index (χ3n) is 6.80. The maximum atomic E-state index is 13.6. The third kappa shape index (κ3) is 7.18. The summed E-state index contributed by atoms with van der Waals surface area (Å²) in [7, 11) is -2.35. The number of hydrogen-bond acceptors (Lipinski definition) is 4. The van der Waals surface area contributed by atoms with Crippen LogP contribution in [0.3, 0.4) is 0 Å². The molecule has 3 atom stereocenters. The van der Waals surface area contributed by atoms with Crippen molar-refractivity contribution in [1.82, 2.24) is 4.90 Å². The predicted molar refractivity (Wildman–Crippen MR) is 128 cm³/mol. The zero-order valence-corrected chi connectivity index (χ0v) is 21.3. The van der Waals surface area contributed by atoms with Crippen molar-refractivity contribution in [2.24, 2.45) is 5.92 Å². The van der Waals surface area contributed by atoms with Crippen molar-refractivity contribution in [1.29, 1.82) is 0 Å². The van der Waals surface area contributed by atoms with Gasteiger partial charge in [0.1, 0.15) is 12.7 Å². The van der Waals surface area contributed by atoms with Gasteiger partial charge < -0.3 is 9.16 Å². The van der Waals surface area contributed by atoms with Gasteiger partial charge in [-0.2, -0.15) is 13.2 Å². The lowest BCUT2D eigenvalue weighted by molar-refractivity contribution is -0.177. The number of nitrogens with zero attached hydrogens (tertiary/aromatic N) is 1. The summed E-state index contributed by atoms with van der Waals surface area (Å²) in [5.41, 5.74) is 0.934. The topological polar surface area (TPSA) is 55.8 Å². The molecule has 1 saturated heterocycles. The summed E-state index contributed by atoms with van der Waals surface area (Å²) >= 11 is 0. The van der Waals surface area contributed by atoms with Crippen molar-refractivity contribution in [2.45, 2.75) is 82.9 Å². The summed E-state index contributed by atoms with van der Waals surface area (Å²) in [6.45, 7) is 9.44. The fourth-order valence-electron chi connectivity index (χ4n) is 4.43. The Kier molecular flexibility index (Phi) is 10.4. The van der Waals surface area contributed by atoms with Gasteiger partial charge in [-0.05, 0) is 49.4 Å². The maximum Gasteiger partial charge on any atom is 0.417 e. The van der Waals surface area contributed by atoms with Crippen LogP contribution in [-0.4, -0.2) is 50.1 Å². The molecule has 1 aliphatic heterocycles. The normalized spacial score (nSPS) is 18.5. The van der Waals surface area contributed by atoms with E-state index in [1.165, 1.54) is 6.08 Å². The number of hydrogen-bond donors (Lipinski definition) is 0. The van der Waals surface area contributed by atoms with E-state index >= 15 is 0 Å². The molecule has 0 spiro atoms. The van der Waals surface area contributed by atoms with Gasteiger partial charge in [0, 0.05) is 0 Å². The molecular weight excluding hydrogens is 463 g/mol. The molecule has 9 heteroatoms. The Hall–Kier alpha value is -2.13. The van der Waals surface area contributed by atoms with Crippen molar-refractivity contribution in [3.05, 3.63) is 48.6 Å². The van der Waals surface area contributed by atoms with Gasteiger partial charge in [0.15, 0.2) is 8.32 Å². The van der Waals surface area contributed by atoms with E-state index < -0.39 is 44.6 Å². The number of cyclic esters (lactones) is 1. The average Bonchev–Trinajstić information content (AvgIpc) is 3.18. The summed E-state index contributed by atoms with van der Waals surface area (Å²) < 4.78 is 52.1. The molecular formula is C25H36F3NO4Si. The molecule has 0 radical (unpaired) electrons. The van der Waals surface area contributed by atoms with Crippen LogP contribution < -0.4 is 0 Å². The van der Waals surface area contributed by atoms with Gasteiger partial charge >= 0.3 is 12.3 Å². The van der Waals surface area contributed by atoms with Gasteiger partial charge in [0.2, 0.25) is 0 Å². The molecule has 0 N–H and O–H groups in total. The number of amides is 2. The minimum Gasteiger partial charge on any atom is -0.447 e. The first-order valence-corrected chi connectivity index (χ1v) is 14.5. The van der Waals surface area contributed by atoms with E-state index in [4.69, 9.17) is 9.16 Å². The minimum atomic E-state index is -4.40. The lowest BCUT2D eigenvalue weighted by Gasteiger charge is -2.35. The average molecular weight is 500 g/mol. The number of rotatable bonds is 13. The number of allylic oxidation sites excluding steroid dienone is 1. The van der Waals surface area contributed by atoms with Crippen LogP contribution in [0.5, 0.6) is 0 Å². The Morgan fingerprint density at radius 3 is 2.35 bits per heavy atom. The highest BCUT2D eigenvalue weighted by Crippen LogP contribution is 2.35. The Bertz CT molecular complexity index is 806. The number of alkyl halides is 3. The number of benzene rings is 1. The summed E-state index contributed by atoms with van der Waals surface area (Å²) in [5, 5.41) is 0. The molecule has 1 heterocycles. The Labute approximate surface area is 201 Å². The molecule has 0 aliphatic carbocycles. The standard InChI is InChI=1S/C25H36F3NO4Si/c1-5-12-20(25(26,27)28)15-16-22(33-34(6-2,7-3)8-4)23(30)29-21(18-32-24(29)31)17-19-13-10-9-11-14-19/h5,9-11,13-14,20-22H,1,6-8,12,15-18H2,2-4H3/t20?,21-,22+/m1/s1. The molecule has 2 rings (SSSR count). The number of carbonyl (C=O) groups excluding carboxylic acids is 2. The molecule has 0 aromatic heterocycles. The van der Waals surface area contributed by atoms with Gasteiger partial charge in [-0.3, -0.25) is 4.79 Å². The smallest absolute Gasteiger partial charge is 0.417 e. The van der Waals surface area contributed by atoms with Crippen molar-refractivity contribution in [3.63, 3.8) is 0 Å². The summed E-state index contributed by atoms with van der Waals surface area (Å²) in [6.07, 6.45) is -5.27. The first kappa shape index (κ1) is 28.1. The van der Waals surface area contributed by atoms with E-state index in [0.29, 0.717) is 6.42 Å². The SMILES string of the molecule is C=CCC(CC[C@H](O[Si](CC)(CC)CC)C(=O)N1C(=O)OC[C@H]1Cc1ccccc1)C(F)(F)F. The first-order valence-electron chi connectivity index (χ1n) is 12.0. The van der Waals surface area contributed by atoms with Crippen LogP contribution in [0, 0.1) is 5.92 Å². The zero-order valence-electron chi connectivity index (χ0n) is 20.3. The highest BCUT2D eigenvalue weighted by Gasteiger charge is 2.45. The molecule has 34 heavy (non-hydrogen) atoms. The van der Waals surface area contributed by atoms with Crippen molar-refractivity contribution < 1.29 is 31.9 Å². The fourth-order valence-corrected chi connectivity index (χ4v) is 7.25. The van der Waals surface area contributed by atoms with Crippen LogP contribution in [0.4, 0.5) is 18.0 Å². The second-order valence-electron chi connectivity index (χ2n) is 8.82. The lowest BCUT2D eigenvalue weighted by atomic mass is 9.96. The number of halogens is 3. The van der Waals surface area contributed by atoms with Crippen LogP contribution in [-0.2, 0) is 20.4 Å². The molecule has 1 aromatic carbocycles. The summed E-state index contributed by atoms with van der Waals surface area (Å²) in [5.74, 6) is -2.22. The number of carbonyl (C=O) groups is 2. The maximum absolute atomic E-state index is 13.6. The monoisotopic (exact) mass is 499 g/mol. The molecule has 190 valence electrons. The highest BCUT2D eigenvalue weighted by atomic mass is 28.4. The molecule has 0 saturated carbocycles. The van der Waals surface area contributed by atoms with Crippen molar-refractivity contribution >= 4 is 20.3 Å². The van der Waals surface area contributed by atoms with E-state index in [-0.39, 0.29) is 25.9 Å². The second kappa shape index (κ2) is 12.5. The van der Waals surface area contributed by atoms with Crippen LogP contribution in [0.15, 0.2) is 43.0 Å². The lowest BCUT2D eigenvalue weighted by Crippen LogP contribution is -2.51. The Morgan fingerprint density at radius 2 is 1.82 bits per heavy atom. The number of imide groups is 1. The minimum absolute atomic E-state index is 0.0474. The van der Waals surface area contributed by atoms with Crippen LogP contribution >= 0.6 is 0 Å². The molecule has 5 nitrogen and oxygen atoms in total. The van der Waals surface area contributed by atoms with Crippen LogP contribution in [0.1, 0.15) is 45.6 Å². The van der Waals surface area contributed by atoms with Gasteiger partial charge in [-0.1, -0.05) is 57.2 Å². The van der Waals surface area contributed by atoms with Crippen LogP contribution in [0.25, 0.3) is 0 Å². The quantitative estimate of drug-likeness (QED) is 0.230. The Morgan fingerprint density at radius 1 is 1.21 bits per heavy atom. The summed E-state index contributed by atoms with van der Waals surface area (Å²) in [6, 6.07) is 11.1. The fraction of sp³-hybridized carbons (Fsp3) is 0.600. The van der Waals surface area contributed by atoms with E-state index in [0.717, 1.165) is 28.6 Å². The largest absolute Gasteiger partial charge is 0.447 e. The van der Waals surface area contributed by atoms with Crippen molar-refractivity contribution in [2.75, 3.05) is 6.61 Å².